The van der Waals surface area contributed by atoms with Crippen molar-refractivity contribution in [3.05, 3.63) is 42.5 Å². The molecule has 1 unspecified atom stereocenters. The van der Waals surface area contributed by atoms with E-state index in [1.807, 2.05) is 36.4 Å². The SMILES string of the molecule is Nc1ccc(Sc2ccccc2OCCC2CCCCN2)cc1N. The van der Waals surface area contributed by atoms with E-state index in [-0.39, 0.29) is 0 Å². The first kappa shape index (κ1) is 17.0. The van der Waals surface area contributed by atoms with Gasteiger partial charge in [-0.25, -0.2) is 0 Å². The largest absolute Gasteiger partial charge is 0.492 e. The van der Waals surface area contributed by atoms with Gasteiger partial charge in [0.1, 0.15) is 5.75 Å². The molecule has 0 aliphatic carbocycles. The van der Waals surface area contributed by atoms with E-state index in [2.05, 4.69) is 11.4 Å². The summed E-state index contributed by atoms with van der Waals surface area (Å²) in [5, 5.41) is 3.56. The predicted octanol–water partition coefficient (Wildman–Crippen LogP) is 3.91. The molecule has 1 aliphatic rings. The van der Waals surface area contributed by atoms with Gasteiger partial charge in [0, 0.05) is 10.9 Å². The summed E-state index contributed by atoms with van der Waals surface area (Å²) < 4.78 is 6.05. The number of anilines is 2. The van der Waals surface area contributed by atoms with Crippen LogP contribution < -0.4 is 21.5 Å². The van der Waals surface area contributed by atoms with E-state index >= 15 is 0 Å². The van der Waals surface area contributed by atoms with Crippen LogP contribution in [-0.2, 0) is 0 Å². The minimum atomic E-state index is 0.593. The van der Waals surface area contributed by atoms with Gasteiger partial charge < -0.3 is 21.5 Å². The highest BCUT2D eigenvalue weighted by molar-refractivity contribution is 7.99. The molecular formula is C19H25N3OS. The first-order chi connectivity index (χ1) is 11.7. The molecule has 2 aromatic rings. The lowest BCUT2D eigenvalue weighted by molar-refractivity contribution is 0.264. The number of hydrogen-bond acceptors (Lipinski definition) is 5. The van der Waals surface area contributed by atoms with Gasteiger partial charge in [-0.3, -0.25) is 0 Å². The molecule has 0 saturated carbocycles. The number of hydrogen-bond donors (Lipinski definition) is 3. The van der Waals surface area contributed by atoms with Gasteiger partial charge in [0.05, 0.1) is 22.9 Å². The van der Waals surface area contributed by atoms with Crippen molar-refractivity contribution in [3.8, 4) is 5.75 Å². The fourth-order valence-electron chi connectivity index (χ4n) is 2.88. The molecule has 0 spiro atoms. The molecule has 2 aromatic carbocycles. The Morgan fingerprint density at radius 3 is 2.75 bits per heavy atom. The van der Waals surface area contributed by atoms with Crippen LogP contribution in [0.15, 0.2) is 52.3 Å². The lowest BCUT2D eigenvalue weighted by Crippen LogP contribution is -2.35. The van der Waals surface area contributed by atoms with Crippen LogP contribution in [0.25, 0.3) is 0 Å². The smallest absolute Gasteiger partial charge is 0.133 e. The lowest BCUT2D eigenvalue weighted by Gasteiger charge is -2.23. The van der Waals surface area contributed by atoms with Gasteiger partial charge in [-0.2, -0.15) is 0 Å². The Morgan fingerprint density at radius 1 is 1.08 bits per heavy atom. The number of ether oxygens (including phenoxy) is 1. The van der Waals surface area contributed by atoms with Crippen molar-refractivity contribution in [2.45, 2.75) is 41.5 Å². The molecule has 3 rings (SSSR count). The van der Waals surface area contributed by atoms with Gasteiger partial charge in [0.2, 0.25) is 0 Å². The third kappa shape index (κ3) is 4.58. The fourth-order valence-corrected chi connectivity index (χ4v) is 3.83. The van der Waals surface area contributed by atoms with Crippen LogP contribution in [0.2, 0.25) is 0 Å². The van der Waals surface area contributed by atoms with E-state index in [0.29, 0.717) is 17.4 Å². The second-order valence-electron chi connectivity index (χ2n) is 6.12. The van der Waals surface area contributed by atoms with Crippen LogP contribution >= 0.6 is 11.8 Å². The highest BCUT2D eigenvalue weighted by atomic mass is 32.2. The maximum atomic E-state index is 6.05. The average Bonchev–Trinajstić information content (AvgIpc) is 2.61. The summed E-state index contributed by atoms with van der Waals surface area (Å²) in [4.78, 5) is 2.16. The van der Waals surface area contributed by atoms with Crippen LogP contribution in [0.4, 0.5) is 11.4 Å². The predicted molar refractivity (Wildman–Crippen MR) is 102 cm³/mol. The van der Waals surface area contributed by atoms with Crippen molar-refractivity contribution in [3.63, 3.8) is 0 Å². The van der Waals surface area contributed by atoms with Crippen molar-refractivity contribution >= 4 is 23.1 Å². The topological polar surface area (TPSA) is 73.3 Å². The number of nitrogens with two attached hydrogens (primary N) is 2. The zero-order valence-electron chi connectivity index (χ0n) is 13.8. The van der Waals surface area contributed by atoms with Crippen LogP contribution in [0, 0.1) is 0 Å². The van der Waals surface area contributed by atoms with Crippen LogP contribution in [-0.4, -0.2) is 19.2 Å². The molecule has 5 N–H and O–H groups in total. The standard InChI is InChI=1S/C19H25N3OS/c20-16-9-8-15(13-17(16)21)24-19-7-2-1-6-18(19)23-12-10-14-5-3-4-11-22-14/h1-2,6-9,13-14,22H,3-5,10-12,20-21H2. The van der Waals surface area contributed by atoms with Gasteiger partial charge in [-0.05, 0) is 56.1 Å². The maximum Gasteiger partial charge on any atom is 0.133 e. The average molecular weight is 343 g/mol. The summed E-state index contributed by atoms with van der Waals surface area (Å²) in [6, 6.07) is 14.5. The zero-order valence-corrected chi connectivity index (χ0v) is 14.6. The molecular weight excluding hydrogens is 318 g/mol. The number of para-hydroxylation sites is 1. The van der Waals surface area contributed by atoms with Crippen molar-refractivity contribution in [1.82, 2.24) is 5.32 Å². The van der Waals surface area contributed by atoms with E-state index in [4.69, 9.17) is 16.2 Å². The first-order valence-corrected chi connectivity index (χ1v) is 9.32. The van der Waals surface area contributed by atoms with Gasteiger partial charge in [0.15, 0.2) is 0 Å². The van der Waals surface area contributed by atoms with E-state index in [9.17, 15) is 0 Å². The molecule has 1 atom stereocenters. The normalized spacial score (nSPS) is 17.6. The molecule has 1 heterocycles. The fraction of sp³-hybridized carbons (Fsp3) is 0.368. The van der Waals surface area contributed by atoms with Gasteiger partial charge >= 0.3 is 0 Å². The van der Waals surface area contributed by atoms with E-state index < -0.39 is 0 Å². The Morgan fingerprint density at radius 2 is 1.96 bits per heavy atom. The van der Waals surface area contributed by atoms with Crippen molar-refractivity contribution in [2.75, 3.05) is 24.6 Å². The Hall–Kier alpha value is -1.85. The second-order valence-corrected chi connectivity index (χ2v) is 7.24. The quantitative estimate of drug-likeness (QED) is 0.694. The molecule has 1 aliphatic heterocycles. The monoisotopic (exact) mass is 343 g/mol. The number of rotatable bonds is 6. The molecule has 128 valence electrons. The summed E-state index contributed by atoms with van der Waals surface area (Å²) in [6.45, 7) is 1.87. The molecule has 1 saturated heterocycles. The molecule has 0 radical (unpaired) electrons. The Balaban J connectivity index is 1.60. The molecule has 5 heteroatoms. The lowest BCUT2D eigenvalue weighted by atomic mass is 10.0. The summed E-state index contributed by atoms with van der Waals surface area (Å²) in [5.41, 5.74) is 12.9. The van der Waals surface area contributed by atoms with E-state index in [1.165, 1.54) is 19.3 Å². The highest BCUT2D eigenvalue weighted by Gasteiger charge is 2.13. The number of piperidine rings is 1. The molecule has 0 amide bonds. The minimum absolute atomic E-state index is 0.593. The van der Waals surface area contributed by atoms with Crippen LogP contribution in [0.5, 0.6) is 5.75 Å². The van der Waals surface area contributed by atoms with Crippen LogP contribution in [0.3, 0.4) is 0 Å². The summed E-state index contributed by atoms with van der Waals surface area (Å²) in [5.74, 6) is 0.925. The maximum absolute atomic E-state index is 6.05. The number of nitrogens with one attached hydrogen (secondary N) is 1. The summed E-state index contributed by atoms with van der Waals surface area (Å²) in [7, 11) is 0. The molecule has 4 nitrogen and oxygen atoms in total. The molecule has 24 heavy (non-hydrogen) atoms. The van der Waals surface area contributed by atoms with Crippen molar-refractivity contribution < 1.29 is 4.74 Å². The second kappa shape index (κ2) is 8.31. The third-order valence-corrected chi connectivity index (χ3v) is 5.32. The van der Waals surface area contributed by atoms with E-state index in [0.717, 1.165) is 35.1 Å². The van der Waals surface area contributed by atoms with Gasteiger partial charge in [-0.1, -0.05) is 30.3 Å². The third-order valence-electron chi connectivity index (χ3n) is 4.27. The minimum Gasteiger partial charge on any atom is -0.492 e. The number of nitrogen functional groups attached to an aromatic ring is 2. The Labute approximate surface area is 148 Å². The van der Waals surface area contributed by atoms with Gasteiger partial charge in [0.25, 0.3) is 0 Å². The summed E-state index contributed by atoms with van der Waals surface area (Å²) in [6.07, 6.45) is 4.92. The van der Waals surface area contributed by atoms with Gasteiger partial charge in [-0.15, -0.1) is 0 Å². The Bertz CT molecular complexity index is 671. The highest BCUT2D eigenvalue weighted by Crippen LogP contribution is 2.36. The van der Waals surface area contributed by atoms with E-state index in [1.54, 1.807) is 11.8 Å². The first-order valence-electron chi connectivity index (χ1n) is 8.50. The molecule has 1 fully saturated rings. The molecule has 0 aromatic heterocycles. The molecule has 0 bridgehead atoms. The summed E-state index contributed by atoms with van der Waals surface area (Å²) >= 11 is 1.65. The van der Waals surface area contributed by atoms with Crippen LogP contribution in [0.1, 0.15) is 25.7 Å². The number of benzene rings is 2. The zero-order chi connectivity index (χ0) is 16.8. The van der Waals surface area contributed by atoms with Crippen molar-refractivity contribution in [2.24, 2.45) is 0 Å². The Kier molecular flexibility index (Phi) is 5.88. The van der Waals surface area contributed by atoms with Crippen molar-refractivity contribution in [1.29, 1.82) is 0 Å².